The van der Waals surface area contributed by atoms with Gasteiger partial charge < -0.3 is 5.32 Å². The Hall–Kier alpha value is -0.170. The van der Waals surface area contributed by atoms with E-state index in [9.17, 15) is 8.42 Å². The van der Waals surface area contributed by atoms with Gasteiger partial charge in [-0.1, -0.05) is 6.42 Å². The van der Waals surface area contributed by atoms with E-state index in [0.29, 0.717) is 12.6 Å². The molecular formula is C13H27N3O2S. The van der Waals surface area contributed by atoms with E-state index >= 15 is 0 Å². The predicted molar refractivity (Wildman–Crippen MR) is 77.2 cm³/mol. The van der Waals surface area contributed by atoms with Gasteiger partial charge in [0, 0.05) is 24.2 Å². The lowest BCUT2D eigenvalue weighted by atomic mass is 9.97. The summed E-state index contributed by atoms with van der Waals surface area (Å²) in [6.45, 7) is 7.32. The molecule has 0 radical (unpaired) electrons. The lowest BCUT2D eigenvalue weighted by molar-refractivity contribution is 0.206. The molecule has 0 aromatic rings. The fraction of sp³-hybridized carbons (Fsp3) is 1.00. The fourth-order valence-electron chi connectivity index (χ4n) is 3.12. The predicted octanol–water partition coefficient (Wildman–Crippen LogP) is 1.23. The third-order valence-electron chi connectivity index (χ3n) is 3.81. The van der Waals surface area contributed by atoms with Gasteiger partial charge in [-0.05, 0) is 53.0 Å². The minimum atomic E-state index is -3.38. The zero-order valence-electron chi connectivity index (χ0n) is 12.3. The summed E-state index contributed by atoms with van der Waals surface area (Å²) in [4.78, 5) is 0. The molecule has 2 rings (SSSR count). The molecule has 2 atom stereocenters. The van der Waals surface area contributed by atoms with Crippen LogP contribution in [-0.4, -0.2) is 43.4 Å². The van der Waals surface area contributed by atoms with Crippen molar-refractivity contribution >= 4 is 10.2 Å². The first-order valence-corrected chi connectivity index (χ1v) is 8.78. The van der Waals surface area contributed by atoms with Crippen molar-refractivity contribution in [1.29, 1.82) is 0 Å². The van der Waals surface area contributed by atoms with Gasteiger partial charge in [0.1, 0.15) is 0 Å². The van der Waals surface area contributed by atoms with Gasteiger partial charge in [0.05, 0.1) is 0 Å². The molecule has 2 unspecified atom stereocenters. The molecular weight excluding hydrogens is 262 g/mol. The van der Waals surface area contributed by atoms with E-state index in [-0.39, 0.29) is 6.04 Å². The van der Waals surface area contributed by atoms with Crippen LogP contribution in [0.25, 0.3) is 0 Å². The highest BCUT2D eigenvalue weighted by atomic mass is 32.2. The zero-order chi connectivity index (χ0) is 14.1. The van der Waals surface area contributed by atoms with Crippen molar-refractivity contribution in [3.63, 3.8) is 0 Å². The van der Waals surface area contributed by atoms with Crippen LogP contribution in [0.5, 0.6) is 0 Å². The number of hydrogen-bond donors (Lipinski definition) is 2. The molecule has 0 saturated carbocycles. The van der Waals surface area contributed by atoms with Crippen molar-refractivity contribution in [2.45, 2.75) is 70.5 Å². The molecule has 19 heavy (non-hydrogen) atoms. The molecule has 0 bridgehead atoms. The summed E-state index contributed by atoms with van der Waals surface area (Å²) in [5.74, 6) is 0. The Morgan fingerprint density at radius 2 is 1.89 bits per heavy atom. The van der Waals surface area contributed by atoms with E-state index in [4.69, 9.17) is 0 Å². The van der Waals surface area contributed by atoms with Gasteiger partial charge in [-0.25, -0.2) is 0 Å². The first-order chi connectivity index (χ1) is 8.80. The van der Waals surface area contributed by atoms with Gasteiger partial charge in [0.2, 0.25) is 0 Å². The topological polar surface area (TPSA) is 61.4 Å². The summed E-state index contributed by atoms with van der Waals surface area (Å²) in [6.07, 6.45) is 5.31. The minimum absolute atomic E-state index is 0.121. The van der Waals surface area contributed by atoms with Crippen LogP contribution < -0.4 is 10.0 Å². The van der Waals surface area contributed by atoms with Crippen molar-refractivity contribution in [1.82, 2.24) is 14.3 Å². The molecule has 5 nitrogen and oxygen atoms in total. The van der Waals surface area contributed by atoms with Crippen molar-refractivity contribution in [2.75, 3.05) is 13.1 Å². The monoisotopic (exact) mass is 289 g/mol. The summed E-state index contributed by atoms with van der Waals surface area (Å²) in [7, 11) is -3.38. The quantitative estimate of drug-likeness (QED) is 0.821. The van der Waals surface area contributed by atoms with Gasteiger partial charge in [-0.15, -0.1) is 0 Å². The first-order valence-electron chi connectivity index (χ1n) is 7.34. The fourth-order valence-corrected chi connectivity index (χ4v) is 4.99. The SMILES string of the molecule is CC(C)(C)NS(=O)(=O)N1CCCCC1C1CCCN1. The molecule has 0 spiro atoms. The molecule has 2 N–H and O–H groups in total. The Balaban J connectivity index is 2.14. The minimum Gasteiger partial charge on any atom is -0.312 e. The Kier molecular flexibility index (Phi) is 4.55. The van der Waals surface area contributed by atoms with Gasteiger partial charge in [-0.3, -0.25) is 0 Å². The van der Waals surface area contributed by atoms with Gasteiger partial charge in [-0.2, -0.15) is 17.4 Å². The largest absolute Gasteiger partial charge is 0.312 e. The van der Waals surface area contributed by atoms with Crippen LogP contribution in [0.2, 0.25) is 0 Å². The van der Waals surface area contributed by atoms with E-state index in [1.54, 1.807) is 4.31 Å². The maximum atomic E-state index is 12.6. The molecule has 2 fully saturated rings. The van der Waals surface area contributed by atoms with Crippen molar-refractivity contribution in [2.24, 2.45) is 0 Å². The molecule has 0 amide bonds. The summed E-state index contributed by atoms with van der Waals surface area (Å²) < 4.78 is 29.6. The van der Waals surface area contributed by atoms with Crippen LogP contribution in [0.4, 0.5) is 0 Å². The molecule has 2 aliphatic rings. The molecule has 2 aliphatic heterocycles. The van der Waals surface area contributed by atoms with Crippen LogP contribution in [-0.2, 0) is 10.2 Å². The molecule has 2 saturated heterocycles. The second-order valence-corrected chi connectivity index (χ2v) is 8.36. The number of rotatable bonds is 3. The second kappa shape index (κ2) is 5.68. The molecule has 2 heterocycles. The highest BCUT2D eigenvalue weighted by molar-refractivity contribution is 7.87. The van der Waals surface area contributed by atoms with Crippen LogP contribution in [0.3, 0.4) is 0 Å². The molecule has 0 aliphatic carbocycles. The van der Waals surface area contributed by atoms with Crippen molar-refractivity contribution in [3.8, 4) is 0 Å². The maximum Gasteiger partial charge on any atom is 0.280 e. The first kappa shape index (κ1) is 15.2. The van der Waals surface area contributed by atoms with E-state index in [1.807, 2.05) is 20.8 Å². The molecule has 0 aromatic heterocycles. The van der Waals surface area contributed by atoms with Crippen LogP contribution in [0, 0.1) is 0 Å². The number of nitrogens with zero attached hydrogens (tertiary/aromatic N) is 1. The number of piperidine rings is 1. The van der Waals surface area contributed by atoms with Crippen molar-refractivity contribution in [3.05, 3.63) is 0 Å². The third-order valence-corrected chi connectivity index (χ3v) is 5.75. The van der Waals surface area contributed by atoms with E-state index in [1.165, 1.54) is 0 Å². The lowest BCUT2D eigenvalue weighted by Gasteiger charge is -2.39. The smallest absolute Gasteiger partial charge is 0.280 e. The Labute approximate surface area is 117 Å². The number of nitrogens with one attached hydrogen (secondary N) is 2. The normalized spacial score (nSPS) is 30.7. The van der Waals surface area contributed by atoms with Gasteiger partial charge >= 0.3 is 0 Å². The maximum absolute atomic E-state index is 12.6. The third kappa shape index (κ3) is 3.90. The average Bonchev–Trinajstić information content (AvgIpc) is 2.79. The van der Waals surface area contributed by atoms with Crippen LogP contribution >= 0.6 is 0 Å². The van der Waals surface area contributed by atoms with Crippen LogP contribution in [0.1, 0.15) is 52.9 Å². The summed E-state index contributed by atoms with van der Waals surface area (Å²) in [5, 5.41) is 3.46. The van der Waals surface area contributed by atoms with Crippen LogP contribution in [0.15, 0.2) is 0 Å². The Bertz CT molecular complexity index is 397. The van der Waals surface area contributed by atoms with E-state index in [0.717, 1.165) is 38.6 Å². The molecule has 112 valence electrons. The highest BCUT2D eigenvalue weighted by Gasteiger charge is 2.39. The van der Waals surface area contributed by atoms with Gasteiger partial charge in [0.15, 0.2) is 0 Å². The summed E-state index contributed by atoms with van der Waals surface area (Å²) in [5.41, 5.74) is -0.427. The summed E-state index contributed by atoms with van der Waals surface area (Å²) >= 11 is 0. The molecule has 0 aromatic carbocycles. The Morgan fingerprint density at radius 1 is 1.16 bits per heavy atom. The van der Waals surface area contributed by atoms with E-state index < -0.39 is 15.7 Å². The zero-order valence-corrected chi connectivity index (χ0v) is 13.1. The number of hydrogen-bond acceptors (Lipinski definition) is 3. The standard InChI is InChI=1S/C13H27N3O2S/c1-13(2,3)15-19(17,18)16-10-5-4-8-12(16)11-7-6-9-14-11/h11-12,14-15H,4-10H2,1-3H3. The average molecular weight is 289 g/mol. The second-order valence-electron chi connectivity index (χ2n) is 6.73. The molecule has 6 heteroatoms. The highest BCUT2D eigenvalue weighted by Crippen LogP contribution is 2.26. The lowest BCUT2D eigenvalue weighted by Crippen LogP contribution is -2.58. The van der Waals surface area contributed by atoms with Crippen molar-refractivity contribution < 1.29 is 8.42 Å². The van der Waals surface area contributed by atoms with E-state index in [2.05, 4.69) is 10.0 Å². The summed E-state index contributed by atoms with van der Waals surface area (Å²) in [6, 6.07) is 0.452. The Morgan fingerprint density at radius 3 is 2.47 bits per heavy atom. The van der Waals surface area contributed by atoms with Gasteiger partial charge in [0.25, 0.3) is 10.2 Å².